The first kappa shape index (κ1) is 15.4. The fourth-order valence-corrected chi connectivity index (χ4v) is 3.14. The number of aromatic nitrogens is 3. The zero-order valence-corrected chi connectivity index (χ0v) is 14.4. The largest absolute Gasteiger partial charge is 0.378 e. The monoisotopic (exact) mass is 328 g/mol. The van der Waals surface area contributed by atoms with E-state index in [1.807, 2.05) is 28.9 Å². The molecule has 0 aliphatic carbocycles. The Hall–Kier alpha value is -3.14. The molecule has 0 saturated heterocycles. The molecule has 0 aliphatic heterocycles. The minimum Gasteiger partial charge on any atom is -0.378 e. The van der Waals surface area contributed by atoms with E-state index in [9.17, 15) is 0 Å². The average Bonchev–Trinajstić information content (AvgIpc) is 3.07. The second kappa shape index (κ2) is 6.40. The van der Waals surface area contributed by atoms with Crippen molar-refractivity contribution >= 4 is 16.7 Å². The smallest absolute Gasteiger partial charge is 0.113 e. The first-order valence-electron chi connectivity index (χ1n) is 8.36. The van der Waals surface area contributed by atoms with Crippen molar-refractivity contribution in [2.24, 2.45) is 0 Å². The summed E-state index contributed by atoms with van der Waals surface area (Å²) in [4.78, 5) is 2.10. The van der Waals surface area contributed by atoms with E-state index in [1.54, 1.807) is 0 Å². The topological polar surface area (TPSA) is 34.0 Å². The van der Waals surface area contributed by atoms with Gasteiger partial charge in [0, 0.05) is 19.8 Å². The fraction of sp³-hybridized carbons (Fsp3) is 0.143. The Labute approximate surface area is 147 Å². The number of benzene rings is 3. The standard InChI is InChI=1S/C21H20N4/c1-24(2)18-14-12-17(13-15-18)21(16-8-4-3-5-9-16)25-20-11-7-6-10-19(20)22-23-25/h3-15,21H,1-2H3. The predicted molar refractivity (Wildman–Crippen MR) is 102 cm³/mol. The summed E-state index contributed by atoms with van der Waals surface area (Å²) in [5.74, 6) is 0. The van der Waals surface area contributed by atoms with E-state index in [4.69, 9.17) is 0 Å². The van der Waals surface area contributed by atoms with Gasteiger partial charge in [-0.25, -0.2) is 4.68 Å². The van der Waals surface area contributed by atoms with Crippen LogP contribution in [0.4, 0.5) is 5.69 Å². The van der Waals surface area contributed by atoms with Crippen LogP contribution in [0.15, 0.2) is 78.9 Å². The molecule has 1 aromatic heterocycles. The molecule has 0 radical (unpaired) electrons. The molecule has 0 amide bonds. The minimum atomic E-state index is -0.00943. The highest BCUT2D eigenvalue weighted by Crippen LogP contribution is 2.29. The maximum Gasteiger partial charge on any atom is 0.113 e. The number of hydrogen-bond donors (Lipinski definition) is 0. The highest BCUT2D eigenvalue weighted by atomic mass is 15.4. The molecule has 0 N–H and O–H groups in total. The van der Waals surface area contributed by atoms with Crippen LogP contribution in [0.3, 0.4) is 0 Å². The summed E-state index contributed by atoms with van der Waals surface area (Å²) in [6.07, 6.45) is 0. The van der Waals surface area contributed by atoms with Crippen LogP contribution in [0.25, 0.3) is 11.0 Å². The predicted octanol–water partition coefficient (Wildman–Crippen LogP) is 4.14. The van der Waals surface area contributed by atoms with Gasteiger partial charge in [0.25, 0.3) is 0 Å². The molecule has 124 valence electrons. The van der Waals surface area contributed by atoms with Crippen LogP contribution in [0.5, 0.6) is 0 Å². The van der Waals surface area contributed by atoms with Crippen LogP contribution in [0.2, 0.25) is 0 Å². The molecule has 0 fully saturated rings. The van der Waals surface area contributed by atoms with Gasteiger partial charge in [0.2, 0.25) is 0 Å². The van der Waals surface area contributed by atoms with Crippen molar-refractivity contribution < 1.29 is 0 Å². The molecule has 1 heterocycles. The second-order valence-corrected chi connectivity index (χ2v) is 6.32. The first-order chi connectivity index (χ1) is 12.2. The van der Waals surface area contributed by atoms with E-state index in [0.717, 1.165) is 11.0 Å². The van der Waals surface area contributed by atoms with Crippen LogP contribution in [-0.4, -0.2) is 29.1 Å². The summed E-state index contributed by atoms with van der Waals surface area (Å²) in [5, 5.41) is 8.80. The third-order valence-corrected chi connectivity index (χ3v) is 4.46. The van der Waals surface area contributed by atoms with Gasteiger partial charge in [-0.2, -0.15) is 0 Å². The van der Waals surface area contributed by atoms with Crippen molar-refractivity contribution in [2.45, 2.75) is 6.04 Å². The van der Waals surface area contributed by atoms with Crippen molar-refractivity contribution in [3.8, 4) is 0 Å². The SMILES string of the molecule is CN(C)c1ccc(C(c2ccccc2)n2nnc3ccccc32)cc1. The van der Waals surface area contributed by atoms with Gasteiger partial charge < -0.3 is 4.90 Å². The molecule has 3 aromatic carbocycles. The molecule has 4 rings (SSSR count). The Kier molecular flexibility index (Phi) is 3.94. The lowest BCUT2D eigenvalue weighted by molar-refractivity contribution is 0.589. The lowest BCUT2D eigenvalue weighted by Gasteiger charge is -2.20. The molecule has 0 saturated carbocycles. The van der Waals surface area contributed by atoms with Gasteiger partial charge in [-0.1, -0.05) is 59.8 Å². The summed E-state index contributed by atoms with van der Waals surface area (Å²) in [5.41, 5.74) is 5.50. The fourth-order valence-electron chi connectivity index (χ4n) is 3.14. The third kappa shape index (κ3) is 2.87. The summed E-state index contributed by atoms with van der Waals surface area (Å²) in [6.45, 7) is 0. The van der Waals surface area contributed by atoms with Gasteiger partial charge in [-0.3, -0.25) is 0 Å². The van der Waals surface area contributed by atoms with E-state index >= 15 is 0 Å². The van der Waals surface area contributed by atoms with Crippen molar-refractivity contribution in [3.05, 3.63) is 90.0 Å². The highest BCUT2D eigenvalue weighted by molar-refractivity contribution is 5.74. The third-order valence-electron chi connectivity index (χ3n) is 4.46. The Balaban J connectivity index is 1.88. The lowest BCUT2D eigenvalue weighted by atomic mass is 9.98. The van der Waals surface area contributed by atoms with E-state index in [1.165, 1.54) is 16.8 Å². The molecule has 0 spiro atoms. The second-order valence-electron chi connectivity index (χ2n) is 6.32. The number of fused-ring (bicyclic) bond motifs is 1. The molecule has 25 heavy (non-hydrogen) atoms. The number of nitrogens with zero attached hydrogens (tertiary/aromatic N) is 4. The van der Waals surface area contributed by atoms with Crippen LogP contribution in [-0.2, 0) is 0 Å². The van der Waals surface area contributed by atoms with Crippen molar-refractivity contribution in [3.63, 3.8) is 0 Å². The van der Waals surface area contributed by atoms with Gasteiger partial charge in [0.15, 0.2) is 0 Å². The zero-order valence-electron chi connectivity index (χ0n) is 14.4. The lowest BCUT2D eigenvalue weighted by Crippen LogP contribution is -2.14. The summed E-state index contributed by atoms with van der Waals surface area (Å²) in [6, 6.07) is 27.1. The van der Waals surface area contributed by atoms with Gasteiger partial charge in [0.1, 0.15) is 11.6 Å². The highest BCUT2D eigenvalue weighted by Gasteiger charge is 2.20. The molecular weight excluding hydrogens is 308 g/mol. The maximum atomic E-state index is 4.46. The van der Waals surface area contributed by atoms with E-state index in [2.05, 4.69) is 83.9 Å². The summed E-state index contributed by atoms with van der Waals surface area (Å²) < 4.78 is 2.01. The van der Waals surface area contributed by atoms with E-state index in [0.29, 0.717) is 0 Å². The Morgan fingerprint density at radius 1 is 0.760 bits per heavy atom. The number of rotatable bonds is 4. The average molecular weight is 328 g/mol. The Bertz CT molecular complexity index is 972. The van der Waals surface area contributed by atoms with Crippen LogP contribution < -0.4 is 4.90 Å². The zero-order chi connectivity index (χ0) is 17.2. The van der Waals surface area contributed by atoms with Gasteiger partial charge in [-0.15, -0.1) is 5.10 Å². The first-order valence-corrected chi connectivity index (χ1v) is 8.36. The molecule has 0 aliphatic rings. The summed E-state index contributed by atoms with van der Waals surface area (Å²) in [7, 11) is 4.10. The number of para-hydroxylation sites is 1. The normalized spacial score (nSPS) is 12.2. The summed E-state index contributed by atoms with van der Waals surface area (Å²) >= 11 is 0. The maximum absolute atomic E-state index is 4.46. The molecule has 4 aromatic rings. The van der Waals surface area contributed by atoms with Crippen LogP contribution in [0, 0.1) is 0 Å². The molecular formula is C21H20N4. The van der Waals surface area contributed by atoms with Crippen molar-refractivity contribution in [1.29, 1.82) is 0 Å². The minimum absolute atomic E-state index is 0.00943. The van der Waals surface area contributed by atoms with Gasteiger partial charge >= 0.3 is 0 Å². The van der Waals surface area contributed by atoms with Gasteiger partial charge in [-0.05, 0) is 35.4 Å². The van der Waals surface area contributed by atoms with Crippen LogP contribution in [0.1, 0.15) is 17.2 Å². The molecule has 1 unspecified atom stereocenters. The van der Waals surface area contributed by atoms with E-state index in [-0.39, 0.29) is 6.04 Å². The quantitative estimate of drug-likeness (QED) is 0.565. The molecule has 0 bridgehead atoms. The van der Waals surface area contributed by atoms with Gasteiger partial charge in [0.05, 0.1) is 5.52 Å². The Morgan fingerprint density at radius 2 is 1.40 bits per heavy atom. The molecule has 4 nitrogen and oxygen atoms in total. The van der Waals surface area contributed by atoms with Crippen LogP contribution >= 0.6 is 0 Å². The van der Waals surface area contributed by atoms with E-state index < -0.39 is 0 Å². The van der Waals surface area contributed by atoms with Crippen molar-refractivity contribution in [1.82, 2.24) is 15.0 Å². The number of hydrogen-bond acceptors (Lipinski definition) is 3. The Morgan fingerprint density at radius 3 is 2.12 bits per heavy atom. The van der Waals surface area contributed by atoms with Crippen molar-refractivity contribution in [2.75, 3.05) is 19.0 Å². The number of anilines is 1. The molecule has 1 atom stereocenters. The molecule has 4 heteroatoms.